The normalized spacial score (nSPS) is 11.8. The van der Waals surface area contributed by atoms with E-state index < -0.39 is 0 Å². The molecule has 5 heteroatoms. The number of aromatic nitrogens is 2. The highest BCUT2D eigenvalue weighted by atomic mass is 35.5. The maximum Gasteiger partial charge on any atom is 0.124 e. The van der Waals surface area contributed by atoms with E-state index in [1.54, 1.807) is 6.33 Å². The Bertz CT molecular complexity index is 1260. The maximum absolute atomic E-state index is 9.70. The van der Waals surface area contributed by atoms with Crippen LogP contribution in [0.2, 0.25) is 5.02 Å². The average Bonchev–Trinajstić information content (AvgIpc) is 3.20. The van der Waals surface area contributed by atoms with Gasteiger partial charge in [0.15, 0.2) is 0 Å². The van der Waals surface area contributed by atoms with E-state index >= 15 is 0 Å². The summed E-state index contributed by atoms with van der Waals surface area (Å²) < 4.78 is 8.34. The van der Waals surface area contributed by atoms with Crippen LogP contribution >= 0.6 is 11.6 Å². The number of hydrogen-bond acceptors (Lipinski definition) is 3. The Morgan fingerprint density at radius 1 is 1.06 bits per heavy atom. The summed E-state index contributed by atoms with van der Waals surface area (Å²) in [5.74, 6) is 0. The van der Waals surface area contributed by atoms with Crippen LogP contribution in [0, 0.1) is 18.3 Å². The van der Waals surface area contributed by atoms with E-state index in [0.29, 0.717) is 17.2 Å². The molecule has 1 aromatic heterocycles. The lowest BCUT2D eigenvalue weighted by molar-refractivity contribution is 0.0622. The number of nitrogens with zero attached hydrogens (tertiary/aromatic N) is 3. The summed E-state index contributed by atoms with van der Waals surface area (Å²) in [6.45, 7) is 2.45. The van der Waals surface area contributed by atoms with E-state index in [0.717, 1.165) is 33.5 Å². The van der Waals surface area contributed by atoms with Crippen LogP contribution in [0.3, 0.4) is 0 Å². The molecule has 0 aliphatic heterocycles. The quantitative estimate of drug-likeness (QED) is 0.366. The van der Waals surface area contributed by atoms with Crippen molar-refractivity contribution in [1.29, 1.82) is 5.26 Å². The average molecular weight is 428 g/mol. The van der Waals surface area contributed by atoms with Gasteiger partial charge in [0, 0.05) is 17.6 Å². The van der Waals surface area contributed by atoms with Crippen LogP contribution in [0.15, 0.2) is 79.3 Å². The highest BCUT2D eigenvalue weighted by Gasteiger charge is 2.20. The number of halogens is 1. The molecule has 4 aromatic rings. The third kappa shape index (κ3) is 4.54. The number of rotatable bonds is 6. The van der Waals surface area contributed by atoms with Gasteiger partial charge >= 0.3 is 0 Å². The largest absolute Gasteiger partial charge is 0.363 e. The molecule has 0 radical (unpaired) electrons. The summed E-state index contributed by atoms with van der Waals surface area (Å²) in [4.78, 5) is 4.28. The second kappa shape index (κ2) is 9.18. The predicted octanol–water partition coefficient (Wildman–Crippen LogP) is 6.23. The van der Waals surface area contributed by atoms with Gasteiger partial charge in [-0.1, -0.05) is 54.1 Å². The van der Waals surface area contributed by atoms with Crippen LogP contribution in [0.4, 0.5) is 0 Å². The molecular weight excluding hydrogens is 406 g/mol. The first-order valence-corrected chi connectivity index (χ1v) is 10.4. The molecule has 1 unspecified atom stereocenters. The van der Waals surface area contributed by atoms with E-state index in [1.165, 1.54) is 0 Å². The monoisotopic (exact) mass is 427 g/mol. The summed E-state index contributed by atoms with van der Waals surface area (Å²) in [5.41, 5.74) is 6.58. The van der Waals surface area contributed by atoms with E-state index in [2.05, 4.69) is 30.1 Å². The van der Waals surface area contributed by atoms with Crippen molar-refractivity contribution in [3.8, 4) is 17.2 Å². The molecule has 154 valence electrons. The molecule has 0 aliphatic carbocycles. The number of aryl methyl sites for hydroxylation is 2. The van der Waals surface area contributed by atoms with Crippen molar-refractivity contribution >= 4 is 11.6 Å². The van der Waals surface area contributed by atoms with Crippen molar-refractivity contribution in [2.45, 2.75) is 19.6 Å². The molecule has 0 bridgehead atoms. The van der Waals surface area contributed by atoms with Crippen LogP contribution in [-0.2, 0) is 18.4 Å². The zero-order valence-corrected chi connectivity index (χ0v) is 18.2. The molecule has 0 aliphatic rings. The third-order valence-electron chi connectivity index (χ3n) is 5.33. The van der Waals surface area contributed by atoms with Crippen LogP contribution in [-0.4, -0.2) is 9.55 Å². The summed E-state index contributed by atoms with van der Waals surface area (Å²) in [6.07, 6.45) is 3.23. The summed E-state index contributed by atoms with van der Waals surface area (Å²) in [6, 6.07) is 23.9. The van der Waals surface area contributed by atoms with Gasteiger partial charge in [0.05, 0.1) is 36.5 Å². The highest BCUT2D eigenvalue weighted by molar-refractivity contribution is 6.30. The Morgan fingerprint density at radius 3 is 2.61 bits per heavy atom. The van der Waals surface area contributed by atoms with Gasteiger partial charge in [-0.25, -0.2) is 4.98 Å². The summed E-state index contributed by atoms with van der Waals surface area (Å²) in [5, 5.41) is 10.4. The van der Waals surface area contributed by atoms with Gasteiger partial charge in [0.25, 0.3) is 0 Å². The second-order valence-electron chi connectivity index (χ2n) is 7.48. The Kier molecular flexibility index (Phi) is 6.18. The van der Waals surface area contributed by atoms with E-state index in [9.17, 15) is 5.26 Å². The molecule has 4 nitrogen and oxygen atoms in total. The minimum atomic E-state index is -0.345. The molecular formula is C26H22ClN3O. The molecule has 1 heterocycles. The lowest BCUT2D eigenvalue weighted by atomic mass is 9.93. The topological polar surface area (TPSA) is 50.8 Å². The van der Waals surface area contributed by atoms with E-state index in [4.69, 9.17) is 16.3 Å². The van der Waals surface area contributed by atoms with E-state index in [-0.39, 0.29) is 6.10 Å². The number of hydrogen-bond donors (Lipinski definition) is 0. The van der Waals surface area contributed by atoms with Crippen LogP contribution < -0.4 is 0 Å². The molecule has 0 N–H and O–H groups in total. The molecule has 0 fully saturated rings. The lowest BCUT2D eigenvalue weighted by Crippen LogP contribution is -2.11. The van der Waals surface area contributed by atoms with Gasteiger partial charge < -0.3 is 9.30 Å². The van der Waals surface area contributed by atoms with Crippen molar-refractivity contribution in [2.75, 3.05) is 0 Å². The van der Waals surface area contributed by atoms with Gasteiger partial charge in [-0.05, 0) is 53.4 Å². The molecule has 3 aromatic carbocycles. The molecule has 4 rings (SSSR count). The Labute approximate surface area is 187 Å². The van der Waals surface area contributed by atoms with Gasteiger partial charge in [-0.15, -0.1) is 0 Å². The van der Waals surface area contributed by atoms with Gasteiger partial charge in [0.1, 0.15) is 6.10 Å². The zero-order chi connectivity index (χ0) is 21.8. The molecule has 0 spiro atoms. The highest BCUT2D eigenvalue weighted by Crippen LogP contribution is 2.33. The Morgan fingerprint density at radius 2 is 1.90 bits per heavy atom. The summed E-state index contributed by atoms with van der Waals surface area (Å²) >= 11 is 6.14. The molecule has 31 heavy (non-hydrogen) atoms. The van der Waals surface area contributed by atoms with Crippen molar-refractivity contribution < 1.29 is 4.74 Å². The van der Waals surface area contributed by atoms with Gasteiger partial charge in [0.2, 0.25) is 0 Å². The smallest absolute Gasteiger partial charge is 0.124 e. The number of ether oxygens (including phenoxy) is 1. The SMILES string of the molecule is Cc1ccccc1-c1cc(C(OCc2cccc(Cl)c2)c2cncn2C)ccc1C#N. The fourth-order valence-corrected chi connectivity index (χ4v) is 3.91. The minimum absolute atomic E-state index is 0.345. The zero-order valence-electron chi connectivity index (χ0n) is 17.4. The number of nitriles is 1. The first kappa shape index (κ1) is 20.9. The minimum Gasteiger partial charge on any atom is -0.363 e. The Hall–Kier alpha value is -3.39. The Balaban J connectivity index is 1.76. The second-order valence-corrected chi connectivity index (χ2v) is 7.92. The van der Waals surface area contributed by atoms with Crippen LogP contribution in [0.25, 0.3) is 11.1 Å². The van der Waals surface area contributed by atoms with Gasteiger partial charge in [-0.2, -0.15) is 5.26 Å². The van der Waals surface area contributed by atoms with Crippen molar-refractivity contribution in [3.63, 3.8) is 0 Å². The molecule has 0 saturated carbocycles. The fraction of sp³-hybridized carbons (Fsp3) is 0.154. The number of imidazole rings is 1. The molecule has 0 amide bonds. The molecule has 0 saturated heterocycles. The number of benzene rings is 3. The first-order chi connectivity index (χ1) is 15.1. The fourth-order valence-electron chi connectivity index (χ4n) is 3.70. The predicted molar refractivity (Wildman–Crippen MR) is 123 cm³/mol. The van der Waals surface area contributed by atoms with E-state index in [1.807, 2.05) is 72.4 Å². The van der Waals surface area contributed by atoms with Crippen molar-refractivity contribution in [2.24, 2.45) is 7.05 Å². The summed E-state index contributed by atoms with van der Waals surface area (Å²) in [7, 11) is 1.95. The first-order valence-electron chi connectivity index (χ1n) is 9.99. The van der Waals surface area contributed by atoms with Crippen molar-refractivity contribution in [3.05, 3.63) is 112 Å². The third-order valence-corrected chi connectivity index (χ3v) is 5.57. The maximum atomic E-state index is 9.70. The van der Waals surface area contributed by atoms with Crippen molar-refractivity contribution in [1.82, 2.24) is 9.55 Å². The van der Waals surface area contributed by atoms with Crippen LogP contribution in [0.1, 0.15) is 34.1 Å². The van der Waals surface area contributed by atoms with Gasteiger partial charge in [-0.3, -0.25) is 0 Å². The van der Waals surface area contributed by atoms with Crippen LogP contribution in [0.5, 0.6) is 0 Å². The molecule has 1 atom stereocenters. The standard InChI is InChI=1S/C26H22ClN3O/c1-18-6-3-4-9-23(18)24-13-20(10-11-21(24)14-28)26(25-15-29-17-30(25)2)31-16-19-7-5-8-22(27)12-19/h3-13,15,17,26H,16H2,1-2H3. The lowest BCUT2D eigenvalue weighted by Gasteiger charge is -2.21.